The second-order valence-electron chi connectivity index (χ2n) is 6.12. The SMILES string of the molecule is CNC(=O)[C@@H]1CN(C(=O)CCC(=O)c2ccc(F)cc2)c2ccccc2O1. The lowest BCUT2D eigenvalue weighted by Crippen LogP contribution is -2.50. The predicted molar refractivity (Wildman–Crippen MR) is 97.2 cm³/mol. The van der Waals surface area contributed by atoms with Crippen molar-refractivity contribution in [3.63, 3.8) is 0 Å². The Hall–Kier alpha value is -3.22. The molecule has 2 amide bonds. The molecule has 0 bridgehead atoms. The summed E-state index contributed by atoms with van der Waals surface area (Å²) < 4.78 is 18.6. The van der Waals surface area contributed by atoms with E-state index in [2.05, 4.69) is 5.32 Å². The highest BCUT2D eigenvalue weighted by molar-refractivity contribution is 6.02. The molecule has 0 radical (unpaired) electrons. The molecule has 0 aromatic heterocycles. The topological polar surface area (TPSA) is 75.7 Å². The van der Waals surface area contributed by atoms with Gasteiger partial charge in [-0.15, -0.1) is 0 Å². The number of Topliss-reactive ketones (excluding diaryl/α,β-unsaturated/α-hetero) is 1. The van der Waals surface area contributed by atoms with Crippen LogP contribution in [0.4, 0.5) is 10.1 Å². The van der Waals surface area contributed by atoms with E-state index in [1.54, 1.807) is 24.3 Å². The lowest BCUT2D eigenvalue weighted by Gasteiger charge is -2.34. The number of fused-ring (bicyclic) bond motifs is 1. The molecule has 1 aliphatic heterocycles. The van der Waals surface area contributed by atoms with Crippen molar-refractivity contribution in [2.45, 2.75) is 18.9 Å². The average molecular weight is 370 g/mol. The van der Waals surface area contributed by atoms with Crippen LogP contribution in [-0.2, 0) is 9.59 Å². The van der Waals surface area contributed by atoms with Crippen LogP contribution in [0.1, 0.15) is 23.2 Å². The van der Waals surface area contributed by atoms with Crippen LogP contribution in [0.2, 0.25) is 0 Å². The summed E-state index contributed by atoms with van der Waals surface area (Å²) in [6.45, 7) is 0.0697. The first-order valence-electron chi connectivity index (χ1n) is 8.56. The Bertz CT molecular complexity index is 867. The molecule has 0 unspecified atom stereocenters. The molecule has 1 heterocycles. The standard InChI is InChI=1S/C20H19FN2O4/c1-22-20(26)18-12-23(15-4-2-3-5-17(15)27-18)19(25)11-10-16(24)13-6-8-14(21)9-7-13/h2-9,18H,10-12H2,1H3,(H,22,26)/t18-/m0/s1. The molecule has 0 fully saturated rings. The maximum absolute atomic E-state index is 13.0. The fraction of sp³-hybridized carbons (Fsp3) is 0.250. The second-order valence-corrected chi connectivity index (χ2v) is 6.12. The van der Waals surface area contributed by atoms with E-state index in [0.29, 0.717) is 17.0 Å². The van der Waals surface area contributed by atoms with Gasteiger partial charge in [0.25, 0.3) is 5.91 Å². The van der Waals surface area contributed by atoms with Crippen molar-refractivity contribution >= 4 is 23.3 Å². The largest absolute Gasteiger partial charge is 0.477 e. The Morgan fingerprint density at radius 3 is 2.52 bits per heavy atom. The van der Waals surface area contributed by atoms with Gasteiger partial charge in [-0.2, -0.15) is 0 Å². The summed E-state index contributed by atoms with van der Waals surface area (Å²) in [5, 5.41) is 2.51. The van der Waals surface area contributed by atoms with E-state index in [1.807, 2.05) is 0 Å². The minimum Gasteiger partial charge on any atom is -0.477 e. The molecular formula is C20H19FN2O4. The van der Waals surface area contributed by atoms with E-state index >= 15 is 0 Å². The summed E-state index contributed by atoms with van der Waals surface area (Å²) >= 11 is 0. The number of nitrogens with one attached hydrogen (secondary N) is 1. The number of nitrogens with zero attached hydrogens (tertiary/aromatic N) is 1. The zero-order valence-corrected chi connectivity index (χ0v) is 14.8. The Morgan fingerprint density at radius 1 is 1.11 bits per heavy atom. The lowest BCUT2D eigenvalue weighted by molar-refractivity contribution is -0.127. The van der Waals surface area contributed by atoms with Gasteiger partial charge in [-0.05, 0) is 36.4 Å². The van der Waals surface area contributed by atoms with E-state index in [-0.39, 0.29) is 37.0 Å². The Balaban J connectivity index is 1.72. The van der Waals surface area contributed by atoms with Gasteiger partial charge >= 0.3 is 0 Å². The number of halogens is 1. The zero-order chi connectivity index (χ0) is 19.4. The number of hydrogen-bond acceptors (Lipinski definition) is 4. The first-order chi connectivity index (χ1) is 13.0. The third kappa shape index (κ3) is 4.13. The fourth-order valence-electron chi connectivity index (χ4n) is 2.90. The number of carbonyl (C=O) groups is 3. The lowest BCUT2D eigenvalue weighted by atomic mass is 10.1. The molecule has 1 N–H and O–H groups in total. The van der Waals surface area contributed by atoms with Crippen molar-refractivity contribution in [1.82, 2.24) is 5.32 Å². The number of hydrogen-bond donors (Lipinski definition) is 1. The van der Waals surface area contributed by atoms with Crippen molar-refractivity contribution in [2.24, 2.45) is 0 Å². The fourth-order valence-corrected chi connectivity index (χ4v) is 2.90. The maximum Gasteiger partial charge on any atom is 0.262 e. The van der Waals surface area contributed by atoms with Gasteiger partial charge in [-0.25, -0.2) is 4.39 Å². The molecule has 3 rings (SSSR count). The summed E-state index contributed by atoms with van der Waals surface area (Å²) in [6, 6.07) is 12.2. The first-order valence-corrected chi connectivity index (χ1v) is 8.56. The highest BCUT2D eigenvalue weighted by Gasteiger charge is 2.33. The first kappa shape index (κ1) is 18.6. The number of anilines is 1. The maximum atomic E-state index is 13.0. The van der Waals surface area contributed by atoms with Crippen LogP contribution in [0.5, 0.6) is 5.75 Å². The van der Waals surface area contributed by atoms with Gasteiger partial charge in [0, 0.05) is 25.5 Å². The van der Waals surface area contributed by atoms with Crippen molar-refractivity contribution in [3.05, 3.63) is 59.9 Å². The molecule has 1 atom stereocenters. The molecule has 140 valence electrons. The number of para-hydroxylation sites is 2. The number of likely N-dealkylation sites (N-methyl/N-ethyl adjacent to an activating group) is 1. The Labute approximate surface area is 155 Å². The van der Waals surface area contributed by atoms with Crippen LogP contribution in [0.15, 0.2) is 48.5 Å². The highest BCUT2D eigenvalue weighted by atomic mass is 19.1. The van der Waals surface area contributed by atoms with Gasteiger partial charge in [-0.1, -0.05) is 12.1 Å². The third-order valence-corrected chi connectivity index (χ3v) is 4.35. The molecule has 27 heavy (non-hydrogen) atoms. The molecule has 6 nitrogen and oxygen atoms in total. The summed E-state index contributed by atoms with van der Waals surface area (Å²) in [5.74, 6) is -0.837. The molecule has 0 saturated heterocycles. The van der Waals surface area contributed by atoms with E-state index < -0.39 is 11.9 Å². The molecule has 7 heteroatoms. The van der Waals surface area contributed by atoms with Crippen LogP contribution in [0.3, 0.4) is 0 Å². The Morgan fingerprint density at radius 2 is 1.81 bits per heavy atom. The normalized spacial score (nSPS) is 15.5. The van der Waals surface area contributed by atoms with Crippen LogP contribution < -0.4 is 15.0 Å². The molecule has 0 spiro atoms. The van der Waals surface area contributed by atoms with Crippen molar-refractivity contribution in [3.8, 4) is 5.75 Å². The van der Waals surface area contributed by atoms with Gasteiger partial charge in [0.05, 0.1) is 12.2 Å². The number of ketones is 1. The average Bonchev–Trinajstić information content (AvgIpc) is 2.70. The molecule has 0 saturated carbocycles. The zero-order valence-electron chi connectivity index (χ0n) is 14.8. The van der Waals surface area contributed by atoms with E-state index in [9.17, 15) is 18.8 Å². The predicted octanol–water partition coefficient (Wildman–Crippen LogP) is 2.33. The minimum absolute atomic E-state index is 0.00533. The number of ether oxygens (including phenoxy) is 1. The quantitative estimate of drug-likeness (QED) is 0.820. The minimum atomic E-state index is -0.818. The van der Waals surface area contributed by atoms with Crippen LogP contribution in [0, 0.1) is 5.82 Å². The van der Waals surface area contributed by atoms with Crippen LogP contribution in [-0.4, -0.2) is 37.3 Å². The summed E-state index contributed by atoms with van der Waals surface area (Å²) in [4.78, 5) is 38.4. The monoisotopic (exact) mass is 370 g/mol. The van der Waals surface area contributed by atoms with Gasteiger partial charge < -0.3 is 15.0 Å². The number of amides is 2. The second kappa shape index (κ2) is 7.99. The molecular weight excluding hydrogens is 351 g/mol. The van der Waals surface area contributed by atoms with Crippen LogP contribution in [0.25, 0.3) is 0 Å². The molecule has 2 aromatic rings. The van der Waals surface area contributed by atoms with Crippen molar-refractivity contribution in [1.29, 1.82) is 0 Å². The highest BCUT2D eigenvalue weighted by Crippen LogP contribution is 2.33. The summed E-state index contributed by atoms with van der Waals surface area (Å²) in [7, 11) is 1.50. The molecule has 0 aliphatic carbocycles. The molecule has 1 aliphatic rings. The van der Waals surface area contributed by atoms with Gasteiger partial charge in [-0.3, -0.25) is 14.4 Å². The van der Waals surface area contributed by atoms with E-state index in [0.717, 1.165) is 0 Å². The van der Waals surface area contributed by atoms with Gasteiger partial charge in [0.1, 0.15) is 11.6 Å². The molecule has 2 aromatic carbocycles. The van der Waals surface area contributed by atoms with E-state index in [1.165, 1.54) is 36.2 Å². The van der Waals surface area contributed by atoms with Crippen molar-refractivity contribution < 1.29 is 23.5 Å². The van der Waals surface area contributed by atoms with Crippen LogP contribution >= 0.6 is 0 Å². The third-order valence-electron chi connectivity index (χ3n) is 4.35. The summed E-state index contributed by atoms with van der Waals surface area (Å²) in [5.41, 5.74) is 0.923. The van der Waals surface area contributed by atoms with Gasteiger partial charge in [0.2, 0.25) is 5.91 Å². The summed E-state index contributed by atoms with van der Waals surface area (Å²) in [6.07, 6.45) is -0.846. The van der Waals surface area contributed by atoms with Crippen molar-refractivity contribution in [2.75, 3.05) is 18.5 Å². The smallest absolute Gasteiger partial charge is 0.262 e. The van der Waals surface area contributed by atoms with E-state index in [4.69, 9.17) is 4.74 Å². The Kier molecular flexibility index (Phi) is 5.49. The number of benzene rings is 2. The number of carbonyl (C=O) groups excluding carboxylic acids is 3. The number of rotatable bonds is 5. The van der Waals surface area contributed by atoms with Gasteiger partial charge in [0.15, 0.2) is 11.9 Å².